The van der Waals surface area contributed by atoms with Gasteiger partial charge in [0.1, 0.15) is 5.82 Å². The molecule has 3 N–H and O–H groups in total. The van der Waals surface area contributed by atoms with E-state index in [1.165, 1.54) is 24.3 Å². The predicted octanol–water partition coefficient (Wildman–Crippen LogP) is 2.27. The average molecular weight is 343 g/mol. The van der Waals surface area contributed by atoms with E-state index < -0.39 is 5.91 Å². The number of rotatable bonds is 4. The van der Waals surface area contributed by atoms with Crippen LogP contribution in [0.3, 0.4) is 0 Å². The Labute approximate surface area is 144 Å². The fourth-order valence-corrected chi connectivity index (χ4v) is 2.86. The van der Waals surface area contributed by atoms with Crippen LogP contribution in [0.25, 0.3) is 0 Å². The lowest BCUT2D eigenvalue weighted by atomic mass is 10.1. The SMILES string of the molecule is O=C(NO)c1ccc(NC2CCN(C(=O)c3ccc(F)cc3)C2)cc1. The highest BCUT2D eigenvalue weighted by molar-refractivity contribution is 5.94. The Balaban J connectivity index is 1.58. The number of halogens is 1. The molecule has 2 amide bonds. The summed E-state index contributed by atoms with van der Waals surface area (Å²) in [7, 11) is 0. The second-order valence-electron chi connectivity index (χ2n) is 5.91. The summed E-state index contributed by atoms with van der Waals surface area (Å²) in [5, 5.41) is 11.9. The first-order valence-corrected chi connectivity index (χ1v) is 7.92. The van der Waals surface area contributed by atoms with Gasteiger partial charge in [-0.05, 0) is 55.0 Å². The van der Waals surface area contributed by atoms with Crippen LogP contribution in [0.2, 0.25) is 0 Å². The smallest absolute Gasteiger partial charge is 0.274 e. The highest BCUT2D eigenvalue weighted by Gasteiger charge is 2.26. The molecule has 1 aliphatic rings. The number of hydroxylamine groups is 1. The van der Waals surface area contributed by atoms with Gasteiger partial charge in [0.25, 0.3) is 11.8 Å². The van der Waals surface area contributed by atoms with E-state index in [-0.39, 0.29) is 17.8 Å². The van der Waals surface area contributed by atoms with Gasteiger partial charge in [-0.25, -0.2) is 9.87 Å². The highest BCUT2D eigenvalue weighted by Crippen LogP contribution is 2.19. The fraction of sp³-hybridized carbons (Fsp3) is 0.222. The summed E-state index contributed by atoms with van der Waals surface area (Å²) in [4.78, 5) is 25.4. The molecule has 1 fully saturated rings. The zero-order chi connectivity index (χ0) is 17.8. The van der Waals surface area contributed by atoms with Crippen LogP contribution in [0, 0.1) is 5.82 Å². The first-order valence-electron chi connectivity index (χ1n) is 7.92. The standard InChI is InChI=1S/C18H18FN3O3/c19-14-5-1-13(2-6-14)18(24)22-10-9-16(11-22)20-15-7-3-12(4-8-15)17(23)21-25/h1-8,16,20,25H,9-11H2,(H,21,23). The molecule has 1 aliphatic heterocycles. The minimum Gasteiger partial charge on any atom is -0.380 e. The van der Waals surface area contributed by atoms with Crippen molar-refractivity contribution < 1.29 is 19.2 Å². The Morgan fingerprint density at radius 2 is 1.68 bits per heavy atom. The molecule has 7 heteroatoms. The lowest BCUT2D eigenvalue weighted by Crippen LogP contribution is -2.31. The quantitative estimate of drug-likeness (QED) is 0.588. The number of carbonyl (C=O) groups excluding carboxylic acids is 2. The average Bonchev–Trinajstić information content (AvgIpc) is 3.10. The maximum Gasteiger partial charge on any atom is 0.274 e. The van der Waals surface area contributed by atoms with Crippen molar-refractivity contribution in [1.29, 1.82) is 0 Å². The van der Waals surface area contributed by atoms with Gasteiger partial charge in [0, 0.05) is 35.9 Å². The summed E-state index contributed by atoms with van der Waals surface area (Å²) < 4.78 is 13.0. The Bertz CT molecular complexity index is 762. The van der Waals surface area contributed by atoms with E-state index in [9.17, 15) is 14.0 Å². The number of hydrogen-bond donors (Lipinski definition) is 3. The summed E-state index contributed by atoms with van der Waals surface area (Å²) in [6.45, 7) is 1.17. The van der Waals surface area contributed by atoms with Gasteiger partial charge in [0.05, 0.1) is 0 Å². The molecule has 1 saturated heterocycles. The van der Waals surface area contributed by atoms with Crippen LogP contribution in [0.1, 0.15) is 27.1 Å². The number of anilines is 1. The lowest BCUT2D eigenvalue weighted by molar-refractivity contribution is 0.0706. The van der Waals surface area contributed by atoms with Crippen molar-refractivity contribution in [2.45, 2.75) is 12.5 Å². The third-order valence-electron chi connectivity index (χ3n) is 4.19. The maximum absolute atomic E-state index is 13.0. The third kappa shape index (κ3) is 3.95. The Kier molecular flexibility index (Phi) is 4.95. The number of benzene rings is 2. The summed E-state index contributed by atoms with van der Waals surface area (Å²) in [5.74, 6) is -1.04. The Hall–Kier alpha value is -2.93. The van der Waals surface area contributed by atoms with E-state index in [1.807, 2.05) is 0 Å². The first-order chi connectivity index (χ1) is 12.1. The molecular weight excluding hydrogens is 325 g/mol. The number of nitrogens with one attached hydrogen (secondary N) is 2. The van der Waals surface area contributed by atoms with Gasteiger partial charge in [-0.3, -0.25) is 14.8 Å². The van der Waals surface area contributed by atoms with E-state index in [2.05, 4.69) is 5.32 Å². The summed E-state index contributed by atoms with van der Waals surface area (Å²) in [6.07, 6.45) is 0.797. The van der Waals surface area contributed by atoms with Crippen LogP contribution in [0.5, 0.6) is 0 Å². The molecule has 0 saturated carbocycles. The Morgan fingerprint density at radius 1 is 1.04 bits per heavy atom. The van der Waals surface area contributed by atoms with Crippen molar-refractivity contribution in [1.82, 2.24) is 10.4 Å². The molecule has 0 aliphatic carbocycles. The topological polar surface area (TPSA) is 81.7 Å². The minimum atomic E-state index is -0.566. The van der Waals surface area contributed by atoms with Gasteiger partial charge < -0.3 is 10.2 Å². The molecule has 2 aromatic rings. The largest absolute Gasteiger partial charge is 0.380 e. The van der Waals surface area contributed by atoms with Crippen molar-refractivity contribution in [2.24, 2.45) is 0 Å². The molecule has 1 unspecified atom stereocenters. The molecule has 0 radical (unpaired) electrons. The van der Waals surface area contributed by atoms with Crippen molar-refractivity contribution in [3.8, 4) is 0 Å². The number of hydrogen-bond acceptors (Lipinski definition) is 4. The summed E-state index contributed by atoms with van der Waals surface area (Å²) in [6, 6.07) is 12.3. The maximum atomic E-state index is 13.0. The molecule has 1 heterocycles. The van der Waals surface area contributed by atoms with Crippen LogP contribution in [0.4, 0.5) is 10.1 Å². The van der Waals surface area contributed by atoms with Crippen molar-refractivity contribution >= 4 is 17.5 Å². The number of nitrogens with zero attached hydrogens (tertiary/aromatic N) is 1. The van der Waals surface area contributed by atoms with Crippen LogP contribution in [-0.4, -0.2) is 41.1 Å². The van der Waals surface area contributed by atoms with Crippen molar-refractivity contribution in [3.63, 3.8) is 0 Å². The molecule has 6 nitrogen and oxygen atoms in total. The molecule has 2 aromatic carbocycles. The zero-order valence-corrected chi connectivity index (χ0v) is 13.4. The lowest BCUT2D eigenvalue weighted by Gasteiger charge is -2.18. The predicted molar refractivity (Wildman–Crippen MR) is 90.0 cm³/mol. The molecule has 3 rings (SSSR count). The second-order valence-corrected chi connectivity index (χ2v) is 5.91. The van der Waals surface area contributed by atoms with E-state index in [4.69, 9.17) is 5.21 Å². The third-order valence-corrected chi connectivity index (χ3v) is 4.19. The molecular formula is C18H18FN3O3. The van der Waals surface area contributed by atoms with Gasteiger partial charge in [-0.1, -0.05) is 0 Å². The summed E-state index contributed by atoms with van der Waals surface area (Å²) in [5.41, 5.74) is 3.24. The van der Waals surface area contributed by atoms with Crippen LogP contribution >= 0.6 is 0 Å². The molecule has 1 atom stereocenters. The van der Waals surface area contributed by atoms with E-state index in [0.717, 1.165) is 12.1 Å². The zero-order valence-electron chi connectivity index (χ0n) is 13.4. The molecule has 130 valence electrons. The first kappa shape index (κ1) is 16.9. The normalized spacial score (nSPS) is 16.6. The number of amides is 2. The fourth-order valence-electron chi connectivity index (χ4n) is 2.86. The van der Waals surface area contributed by atoms with Crippen LogP contribution in [0.15, 0.2) is 48.5 Å². The van der Waals surface area contributed by atoms with Gasteiger partial charge >= 0.3 is 0 Å². The van der Waals surface area contributed by atoms with Gasteiger partial charge in [-0.2, -0.15) is 0 Å². The molecule has 0 bridgehead atoms. The van der Waals surface area contributed by atoms with Gasteiger partial charge in [0.2, 0.25) is 0 Å². The minimum absolute atomic E-state index is 0.0990. The highest BCUT2D eigenvalue weighted by atomic mass is 19.1. The molecule has 25 heavy (non-hydrogen) atoms. The molecule has 0 spiro atoms. The van der Waals surface area contributed by atoms with E-state index in [0.29, 0.717) is 24.2 Å². The van der Waals surface area contributed by atoms with Gasteiger partial charge in [-0.15, -0.1) is 0 Å². The monoisotopic (exact) mass is 343 g/mol. The van der Waals surface area contributed by atoms with Crippen molar-refractivity contribution in [3.05, 3.63) is 65.5 Å². The Morgan fingerprint density at radius 3 is 2.32 bits per heavy atom. The molecule has 0 aromatic heterocycles. The van der Waals surface area contributed by atoms with E-state index in [1.54, 1.807) is 34.6 Å². The number of likely N-dealkylation sites (tertiary alicyclic amines) is 1. The summed E-state index contributed by atoms with van der Waals surface area (Å²) >= 11 is 0. The van der Waals surface area contributed by atoms with E-state index >= 15 is 0 Å². The second kappa shape index (κ2) is 7.31. The van der Waals surface area contributed by atoms with Crippen LogP contribution < -0.4 is 10.8 Å². The number of carbonyl (C=O) groups is 2. The van der Waals surface area contributed by atoms with Crippen LogP contribution in [-0.2, 0) is 0 Å². The van der Waals surface area contributed by atoms with Gasteiger partial charge in [0.15, 0.2) is 0 Å². The van der Waals surface area contributed by atoms with Crippen molar-refractivity contribution in [2.75, 3.05) is 18.4 Å².